The number of hydrogen-bond donors (Lipinski definition) is 1. The molecule has 0 atom stereocenters. The lowest BCUT2D eigenvalue weighted by Gasteiger charge is -2.22. The van der Waals surface area contributed by atoms with Gasteiger partial charge in [0.2, 0.25) is 11.8 Å². The molecule has 1 N–H and O–H groups in total. The summed E-state index contributed by atoms with van der Waals surface area (Å²) in [6.45, 7) is 4.10. The van der Waals surface area contributed by atoms with Gasteiger partial charge in [0.05, 0.1) is 22.3 Å². The first kappa shape index (κ1) is 20.1. The van der Waals surface area contributed by atoms with Crippen LogP contribution in [0.4, 0.5) is 11.4 Å². The number of nitrogens with zero attached hydrogens (tertiary/aromatic N) is 1. The third kappa shape index (κ3) is 5.38. The predicted molar refractivity (Wildman–Crippen MR) is 105 cm³/mol. The van der Waals surface area contributed by atoms with Crippen LogP contribution in [0, 0.1) is 0 Å². The molecule has 26 heavy (non-hydrogen) atoms. The highest BCUT2D eigenvalue weighted by atomic mass is 35.5. The normalized spacial score (nSPS) is 10.3. The SMILES string of the molecule is CCOc1ccc(NC(=O)CCN(C(C)=O)c2cccc(Cl)c2Cl)cc1. The van der Waals surface area contributed by atoms with Gasteiger partial charge in [0, 0.05) is 25.6 Å². The molecule has 0 fully saturated rings. The van der Waals surface area contributed by atoms with Gasteiger partial charge in [-0.2, -0.15) is 0 Å². The van der Waals surface area contributed by atoms with Crippen molar-refractivity contribution >= 4 is 46.4 Å². The lowest BCUT2D eigenvalue weighted by molar-refractivity contribution is -0.117. The predicted octanol–water partition coefficient (Wildman–Crippen LogP) is 4.77. The average Bonchev–Trinajstić information content (AvgIpc) is 2.60. The van der Waals surface area contributed by atoms with Crippen molar-refractivity contribution in [3.8, 4) is 5.75 Å². The zero-order valence-corrected chi connectivity index (χ0v) is 16.1. The smallest absolute Gasteiger partial charge is 0.226 e. The van der Waals surface area contributed by atoms with E-state index in [1.807, 2.05) is 6.92 Å². The number of carbonyl (C=O) groups is 2. The first-order chi connectivity index (χ1) is 12.4. The van der Waals surface area contributed by atoms with Gasteiger partial charge in [-0.05, 0) is 43.3 Å². The van der Waals surface area contributed by atoms with Gasteiger partial charge in [-0.3, -0.25) is 9.59 Å². The number of carbonyl (C=O) groups excluding carboxylic acids is 2. The Bertz CT molecular complexity index is 779. The van der Waals surface area contributed by atoms with Crippen molar-refractivity contribution in [2.45, 2.75) is 20.3 Å². The van der Waals surface area contributed by atoms with Gasteiger partial charge in [0.1, 0.15) is 5.75 Å². The summed E-state index contributed by atoms with van der Waals surface area (Å²) in [5.41, 5.74) is 1.15. The molecule has 0 unspecified atom stereocenters. The van der Waals surface area contributed by atoms with E-state index in [9.17, 15) is 9.59 Å². The van der Waals surface area contributed by atoms with Crippen LogP contribution in [0.5, 0.6) is 5.75 Å². The van der Waals surface area contributed by atoms with Crippen molar-refractivity contribution in [2.24, 2.45) is 0 Å². The first-order valence-corrected chi connectivity index (χ1v) is 8.92. The summed E-state index contributed by atoms with van der Waals surface area (Å²) in [5.74, 6) is 0.311. The fourth-order valence-electron chi connectivity index (χ4n) is 2.39. The minimum atomic E-state index is -0.219. The molecule has 5 nitrogen and oxygen atoms in total. The molecule has 2 amide bonds. The van der Waals surface area contributed by atoms with Crippen molar-refractivity contribution in [2.75, 3.05) is 23.4 Å². The monoisotopic (exact) mass is 394 g/mol. The zero-order valence-electron chi connectivity index (χ0n) is 14.6. The molecule has 0 aromatic heterocycles. The molecule has 0 radical (unpaired) electrons. The molecule has 7 heteroatoms. The summed E-state index contributed by atoms with van der Waals surface area (Å²) in [5, 5.41) is 3.44. The largest absolute Gasteiger partial charge is 0.494 e. The van der Waals surface area contributed by atoms with Gasteiger partial charge in [-0.25, -0.2) is 0 Å². The Morgan fingerprint density at radius 3 is 2.42 bits per heavy atom. The van der Waals surface area contributed by atoms with E-state index in [1.54, 1.807) is 42.5 Å². The summed E-state index contributed by atoms with van der Waals surface area (Å²) in [6, 6.07) is 12.1. The number of benzene rings is 2. The van der Waals surface area contributed by atoms with Crippen LogP contribution in [0.2, 0.25) is 10.0 Å². The van der Waals surface area contributed by atoms with Crippen molar-refractivity contribution in [1.82, 2.24) is 0 Å². The second-order valence-corrected chi connectivity index (χ2v) is 6.28. The third-order valence-corrected chi connectivity index (χ3v) is 4.42. The minimum Gasteiger partial charge on any atom is -0.494 e. The molecule has 0 bridgehead atoms. The minimum absolute atomic E-state index is 0.121. The summed E-state index contributed by atoms with van der Waals surface area (Å²) in [4.78, 5) is 25.6. The number of halogens is 2. The third-order valence-electron chi connectivity index (χ3n) is 3.61. The molecule has 0 spiro atoms. The molecule has 0 aliphatic carbocycles. The topological polar surface area (TPSA) is 58.6 Å². The number of nitrogens with one attached hydrogen (secondary N) is 1. The fourth-order valence-corrected chi connectivity index (χ4v) is 2.78. The van der Waals surface area contributed by atoms with E-state index in [-0.39, 0.29) is 29.8 Å². The summed E-state index contributed by atoms with van der Waals surface area (Å²) < 4.78 is 5.36. The summed E-state index contributed by atoms with van der Waals surface area (Å²) in [6.07, 6.45) is 0.121. The second kappa shape index (κ2) is 9.46. The Labute approximate surface area is 162 Å². The Hall–Kier alpha value is -2.24. The van der Waals surface area contributed by atoms with E-state index >= 15 is 0 Å². The van der Waals surface area contributed by atoms with E-state index in [0.717, 1.165) is 5.75 Å². The van der Waals surface area contributed by atoms with Crippen LogP contribution in [0.15, 0.2) is 42.5 Å². The molecule has 0 saturated heterocycles. The summed E-state index contributed by atoms with van der Waals surface area (Å²) >= 11 is 12.2. The molecule has 2 aromatic carbocycles. The maximum absolute atomic E-state index is 12.2. The average molecular weight is 395 g/mol. The Balaban J connectivity index is 1.99. The highest BCUT2D eigenvalue weighted by Gasteiger charge is 2.17. The van der Waals surface area contributed by atoms with Crippen LogP contribution >= 0.6 is 23.2 Å². The van der Waals surface area contributed by atoms with Crippen LogP contribution < -0.4 is 15.0 Å². The number of amides is 2. The highest BCUT2D eigenvalue weighted by molar-refractivity contribution is 6.44. The quantitative estimate of drug-likeness (QED) is 0.735. The first-order valence-electron chi connectivity index (χ1n) is 8.17. The van der Waals surface area contributed by atoms with Crippen molar-refractivity contribution < 1.29 is 14.3 Å². The van der Waals surface area contributed by atoms with Crippen molar-refractivity contribution in [1.29, 1.82) is 0 Å². The van der Waals surface area contributed by atoms with Crippen LogP contribution in [0.1, 0.15) is 20.3 Å². The molecule has 0 aliphatic heterocycles. The molecule has 138 valence electrons. The summed E-state index contributed by atoms with van der Waals surface area (Å²) in [7, 11) is 0. The van der Waals surface area contributed by atoms with E-state index in [1.165, 1.54) is 11.8 Å². The molecular weight excluding hydrogens is 375 g/mol. The van der Waals surface area contributed by atoms with Crippen molar-refractivity contribution in [3.05, 3.63) is 52.5 Å². The van der Waals surface area contributed by atoms with E-state index in [4.69, 9.17) is 27.9 Å². The van der Waals surface area contributed by atoms with E-state index < -0.39 is 0 Å². The van der Waals surface area contributed by atoms with Gasteiger partial charge in [0.25, 0.3) is 0 Å². The number of anilines is 2. The van der Waals surface area contributed by atoms with Gasteiger partial charge in [-0.15, -0.1) is 0 Å². The van der Waals surface area contributed by atoms with Crippen LogP contribution in [0.25, 0.3) is 0 Å². The lowest BCUT2D eigenvalue weighted by atomic mass is 10.2. The Morgan fingerprint density at radius 2 is 1.81 bits per heavy atom. The van der Waals surface area contributed by atoms with Gasteiger partial charge in [0.15, 0.2) is 0 Å². The van der Waals surface area contributed by atoms with E-state index in [0.29, 0.717) is 23.0 Å². The lowest BCUT2D eigenvalue weighted by Crippen LogP contribution is -2.32. The van der Waals surface area contributed by atoms with Crippen LogP contribution in [0.3, 0.4) is 0 Å². The number of rotatable bonds is 7. The number of hydrogen-bond acceptors (Lipinski definition) is 3. The molecular formula is C19H20Cl2N2O3. The highest BCUT2D eigenvalue weighted by Crippen LogP contribution is 2.32. The Kier molecular flexibility index (Phi) is 7.30. The maximum Gasteiger partial charge on any atom is 0.226 e. The molecule has 0 heterocycles. The number of ether oxygens (including phenoxy) is 1. The molecule has 2 rings (SSSR count). The molecule has 0 aliphatic rings. The van der Waals surface area contributed by atoms with Crippen molar-refractivity contribution in [3.63, 3.8) is 0 Å². The van der Waals surface area contributed by atoms with Gasteiger partial charge >= 0.3 is 0 Å². The van der Waals surface area contributed by atoms with Crippen LogP contribution in [-0.2, 0) is 9.59 Å². The zero-order chi connectivity index (χ0) is 19.1. The maximum atomic E-state index is 12.2. The van der Waals surface area contributed by atoms with Gasteiger partial charge < -0.3 is 15.0 Å². The second-order valence-electron chi connectivity index (χ2n) is 5.50. The fraction of sp³-hybridized carbons (Fsp3) is 0.263. The molecule has 2 aromatic rings. The van der Waals surface area contributed by atoms with Crippen LogP contribution in [-0.4, -0.2) is 25.0 Å². The Morgan fingerprint density at radius 1 is 1.12 bits per heavy atom. The molecule has 0 saturated carbocycles. The van der Waals surface area contributed by atoms with Gasteiger partial charge in [-0.1, -0.05) is 29.3 Å². The standard InChI is InChI=1S/C19H20Cl2N2O3/c1-3-26-15-9-7-14(8-10-15)22-18(25)11-12-23(13(2)24)17-6-4-5-16(20)19(17)21/h4-10H,3,11-12H2,1-2H3,(H,22,25). The van der Waals surface area contributed by atoms with E-state index in [2.05, 4.69) is 5.32 Å².